The first-order valence-corrected chi connectivity index (χ1v) is 12.6. The van der Waals surface area contributed by atoms with Crippen molar-refractivity contribution in [2.75, 3.05) is 26.2 Å². The van der Waals surface area contributed by atoms with Crippen LogP contribution in [-0.2, 0) is 9.59 Å². The van der Waals surface area contributed by atoms with Crippen molar-refractivity contribution in [3.8, 4) is 17.2 Å². The SMILES string of the molecule is COc1ccc(/C(O)=C2\C(=O)C(=O)N(c3nc4ccc(C)cc4s3)C2c2cccc(OC)c2OC)cc1C. The molecule has 0 spiro atoms. The molecule has 1 N–H and O–H groups in total. The molecule has 194 valence electrons. The number of aryl methyl sites for hydroxylation is 2. The van der Waals surface area contributed by atoms with Crippen LogP contribution in [0.5, 0.6) is 17.2 Å². The molecule has 8 nitrogen and oxygen atoms in total. The van der Waals surface area contributed by atoms with Gasteiger partial charge in [0.15, 0.2) is 16.6 Å². The monoisotopic (exact) mass is 530 g/mol. The lowest BCUT2D eigenvalue weighted by atomic mass is 9.94. The fourth-order valence-electron chi connectivity index (χ4n) is 4.76. The summed E-state index contributed by atoms with van der Waals surface area (Å²) < 4.78 is 17.4. The summed E-state index contributed by atoms with van der Waals surface area (Å²) >= 11 is 1.30. The third kappa shape index (κ3) is 4.05. The van der Waals surface area contributed by atoms with Gasteiger partial charge in [-0.1, -0.05) is 29.5 Å². The van der Waals surface area contributed by atoms with Crippen LogP contribution in [0.25, 0.3) is 16.0 Å². The fraction of sp³-hybridized carbons (Fsp3) is 0.207. The summed E-state index contributed by atoms with van der Waals surface area (Å²) in [5.74, 6) is -0.499. The van der Waals surface area contributed by atoms with Gasteiger partial charge in [-0.2, -0.15) is 0 Å². The number of hydrogen-bond donors (Lipinski definition) is 1. The fourth-order valence-corrected chi connectivity index (χ4v) is 5.85. The number of anilines is 1. The van der Waals surface area contributed by atoms with Crippen molar-refractivity contribution in [1.29, 1.82) is 0 Å². The number of carbonyl (C=O) groups excluding carboxylic acids is 2. The summed E-state index contributed by atoms with van der Waals surface area (Å²) in [6, 6.07) is 15.1. The van der Waals surface area contributed by atoms with E-state index in [9.17, 15) is 14.7 Å². The van der Waals surface area contributed by atoms with Crippen molar-refractivity contribution in [3.05, 3.63) is 82.4 Å². The Kier molecular flexibility index (Phi) is 6.54. The number of nitrogens with zero attached hydrogens (tertiary/aromatic N) is 2. The molecule has 1 amide bonds. The molecule has 2 heterocycles. The van der Waals surface area contributed by atoms with E-state index in [2.05, 4.69) is 4.98 Å². The molecule has 0 bridgehead atoms. The highest BCUT2D eigenvalue weighted by molar-refractivity contribution is 7.22. The molecule has 3 aromatic carbocycles. The number of aliphatic hydroxyl groups excluding tert-OH is 1. The van der Waals surface area contributed by atoms with E-state index in [4.69, 9.17) is 14.2 Å². The van der Waals surface area contributed by atoms with Crippen LogP contribution in [0.4, 0.5) is 5.13 Å². The van der Waals surface area contributed by atoms with Gasteiger partial charge in [-0.3, -0.25) is 14.5 Å². The van der Waals surface area contributed by atoms with Gasteiger partial charge in [-0.05, 0) is 61.4 Å². The minimum atomic E-state index is -1.01. The summed E-state index contributed by atoms with van der Waals surface area (Å²) in [5, 5.41) is 11.8. The van der Waals surface area contributed by atoms with E-state index < -0.39 is 17.7 Å². The number of Topliss-reactive ketones (excluding diaryl/α,β-unsaturated/α-hetero) is 1. The van der Waals surface area contributed by atoms with Gasteiger partial charge in [-0.15, -0.1) is 0 Å². The van der Waals surface area contributed by atoms with Crippen molar-refractivity contribution in [1.82, 2.24) is 4.98 Å². The Morgan fingerprint density at radius 2 is 1.71 bits per heavy atom. The Morgan fingerprint density at radius 3 is 2.39 bits per heavy atom. The van der Waals surface area contributed by atoms with Gasteiger partial charge < -0.3 is 19.3 Å². The van der Waals surface area contributed by atoms with Crippen LogP contribution in [0.3, 0.4) is 0 Å². The van der Waals surface area contributed by atoms with Gasteiger partial charge >= 0.3 is 5.91 Å². The normalized spacial score (nSPS) is 16.8. The standard InChI is InChI=1S/C29H26N2O6S/c1-15-9-11-19-22(13-15)38-29(30-19)31-24(18-7-6-8-21(36-4)27(18)37-5)23(26(33)28(31)34)25(32)17-10-12-20(35-3)16(2)14-17/h6-14,24,32H,1-5H3/b25-23+. The van der Waals surface area contributed by atoms with Gasteiger partial charge in [0.25, 0.3) is 5.78 Å². The number of fused-ring (bicyclic) bond motifs is 1. The molecular weight excluding hydrogens is 504 g/mol. The lowest BCUT2D eigenvalue weighted by Crippen LogP contribution is -2.29. The van der Waals surface area contributed by atoms with E-state index >= 15 is 0 Å². The van der Waals surface area contributed by atoms with E-state index in [-0.39, 0.29) is 11.3 Å². The quantitative estimate of drug-likeness (QED) is 0.198. The zero-order chi connectivity index (χ0) is 27.1. The Bertz CT molecular complexity index is 1620. The predicted molar refractivity (Wildman–Crippen MR) is 146 cm³/mol. The topological polar surface area (TPSA) is 98.2 Å². The van der Waals surface area contributed by atoms with Gasteiger partial charge in [0.2, 0.25) is 0 Å². The molecule has 0 radical (unpaired) electrons. The van der Waals surface area contributed by atoms with Crippen molar-refractivity contribution in [2.45, 2.75) is 19.9 Å². The van der Waals surface area contributed by atoms with E-state index in [0.717, 1.165) is 15.8 Å². The Balaban J connectivity index is 1.78. The van der Waals surface area contributed by atoms with Crippen molar-refractivity contribution >= 4 is 44.1 Å². The number of rotatable bonds is 6. The summed E-state index contributed by atoms with van der Waals surface area (Å²) in [4.78, 5) is 33.2. The zero-order valence-corrected chi connectivity index (χ0v) is 22.4. The van der Waals surface area contributed by atoms with Gasteiger partial charge in [0.05, 0.1) is 37.1 Å². The highest BCUT2D eigenvalue weighted by Crippen LogP contribution is 2.48. The number of aromatic nitrogens is 1. The van der Waals surface area contributed by atoms with Gasteiger partial charge in [-0.25, -0.2) is 4.98 Å². The third-order valence-corrected chi connectivity index (χ3v) is 7.60. The molecule has 5 rings (SSSR count). The van der Waals surface area contributed by atoms with Crippen LogP contribution in [0.1, 0.15) is 28.3 Å². The highest BCUT2D eigenvalue weighted by atomic mass is 32.1. The molecular formula is C29H26N2O6S. The average molecular weight is 531 g/mol. The minimum Gasteiger partial charge on any atom is -0.507 e. The third-order valence-electron chi connectivity index (χ3n) is 6.58. The molecule has 9 heteroatoms. The van der Waals surface area contributed by atoms with Crippen molar-refractivity contribution < 1.29 is 28.9 Å². The number of thiazole rings is 1. The maximum absolute atomic E-state index is 13.6. The van der Waals surface area contributed by atoms with Crippen LogP contribution in [0, 0.1) is 13.8 Å². The smallest absolute Gasteiger partial charge is 0.301 e. The molecule has 1 unspecified atom stereocenters. The largest absolute Gasteiger partial charge is 0.507 e. The Morgan fingerprint density at radius 1 is 0.947 bits per heavy atom. The molecule has 4 aromatic rings. The molecule has 1 aromatic heterocycles. The number of aliphatic hydroxyl groups is 1. The number of ether oxygens (including phenoxy) is 3. The predicted octanol–water partition coefficient (Wildman–Crippen LogP) is 5.57. The number of amides is 1. The summed E-state index contributed by atoms with van der Waals surface area (Å²) in [6.45, 7) is 3.81. The minimum absolute atomic E-state index is 0.0680. The number of hydrogen-bond acceptors (Lipinski definition) is 8. The maximum Gasteiger partial charge on any atom is 0.301 e. The van der Waals surface area contributed by atoms with Crippen LogP contribution in [0.15, 0.2) is 60.2 Å². The van der Waals surface area contributed by atoms with Crippen LogP contribution >= 0.6 is 11.3 Å². The molecule has 1 aliphatic rings. The second-order valence-electron chi connectivity index (χ2n) is 8.90. The average Bonchev–Trinajstić information content (AvgIpc) is 3.44. The van der Waals surface area contributed by atoms with Gasteiger partial charge in [0.1, 0.15) is 17.6 Å². The van der Waals surface area contributed by atoms with E-state index in [1.807, 2.05) is 32.0 Å². The number of benzene rings is 3. The van der Waals surface area contributed by atoms with Gasteiger partial charge in [0, 0.05) is 11.1 Å². The highest BCUT2D eigenvalue weighted by Gasteiger charge is 2.49. The van der Waals surface area contributed by atoms with Crippen LogP contribution in [0.2, 0.25) is 0 Å². The molecule has 1 aliphatic heterocycles. The zero-order valence-electron chi connectivity index (χ0n) is 21.6. The number of methoxy groups -OCH3 is 3. The lowest BCUT2D eigenvalue weighted by Gasteiger charge is -2.25. The number of ketones is 1. The Labute approximate surface area is 223 Å². The van der Waals surface area contributed by atoms with Crippen molar-refractivity contribution in [2.24, 2.45) is 0 Å². The van der Waals surface area contributed by atoms with E-state index in [1.54, 1.807) is 43.5 Å². The molecule has 1 atom stereocenters. The van der Waals surface area contributed by atoms with Crippen molar-refractivity contribution in [3.63, 3.8) is 0 Å². The Hall–Kier alpha value is -4.37. The molecule has 38 heavy (non-hydrogen) atoms. The van der Waals surface area contributed by atoms with E-state index in [1.165, 1.54) is 30.5 Å². The number of carbonyl (C=O) groups is 2. The maximum atomic E-state index is 13.6. The van der Waals surface area contributed by atoms with Crippen LogP contribution in [-0.4, -0.2) is 43.1 Å². The number of para-hydroxylation sites is 1. The summed E-state index contributed by atoms with van der Waals surface area (Å²) in [5.41, 5.74) is 3.32. The molecule has 0 saturated carbocycles. The second kappa shape index (κ2) is 9.83. The first kappa shape index (κ1) is 25.3. The first-order valence-electron chi connectivity index (χ1n) is 11.8. The van der Waals surface area contributed by atoms with Crippen LogP contribution < -0.4 is 19.1 Å². The first-order chi connectivity index (χ1) is 18.3. The van der Waals surface area contributed by atoms with E-state index in [0.29, 0.717) is 39.0 Å². The summed E-state index contributed by atoms with van der Waals surface area (Å²) in [7, 11) is 4.55. The molecule has 1 saturated heterocycles. The summed E-state index contributed by atoms with van der Waals surface area (Å²) in [6.07, 6.45) is 0. The molecule has 0 aliphatic carbocycles. The second-order valence-corrected chi connectivity index (χ2v) is 9.91. The molecule has 1 fully saturated rings. The lowest BCUT2D eigenvalue weighted by molar-refractivity contribution is -0.132.